The molecule has 5 heteroatoms. The fourth-order valence-electron chi connectivity index (χ4n) is 2.71. The summed E-state index contributed by atoms with van der Waals surface area (Å²) in [4.78, 5) is 0. The topological polar surface area (TPSA) is 18.5 Å². The second kappa shape index (κ2) is 10.7. The molecule has 2 aromatic rings. The van der Waals surface area contributed by atoms with Gasteiger partial charge in [0.15, 0.2) is 16.6 Å². The summed E-state index contributed by atoms with van der Waals surface area (Å²) < 4.78 is 14.2. The SMILES string of the molecule is CC(C)(C)[Si](C)(C)OCc1ccc(C=Cc2[c]ccc(Br)c2)cc1CO[Si](C)(C)C(C)(C)C. The molecule has 0 aromatic heterocycles. The molecule has 2 rings (SSSR count). The Labute approximate surface area is 213 Å². The third-order valence-electron chi connectivity index (χ3n) is 7.26. The molecule has 33 heavy (non-hydrogen) atoms. The number of halogens is 1. The lowest BCUT2D eigenvalue weighted by molar-refractivity contribution is 0.257. The van der Waals surface area contributed by atoms with Crippen LogP contribution >= 0.6 is 15.9 Å². The van der Waals surface area contributed by atoms with E-state index in [0.29, 0.717) is 13.2 Å². The summed E-state index contributed by atoms with van der Waals surface area (Å²) in [7, 11) is -3.69. The Morgan fingerprint density at radius 1 is 0.788 bits per heavy atom. The Morgan fingerprint density at radius 3 is 1.85 bits per heavy atom. The summed E-state index contributed by atoms with van der Waals surface area (Å²) >= 11 is 3.53. The van der Waals surface area contributed by atoms with Crippen LogP contribution in [0.25, 0.3) is 12.2 Å². The summed E-state index contributed by atoms with van der Waals surface area (Å²) in [5.74, 6) is 0. The Morgan fingerprint density at radius 2 is 1.33 bits per heavy atom. The van der Waals surface area contributed by atoms with Crippen molar-refractivity contribution in [2.75, 3.05) is 0 Å². The van der Waals surface area contributed by atoms with Crippen molar-refractivity contribution < 1.29 is 8.85 Å². The molecule has 0 fully saturated rings. The summed E-state index contributed by atoms with van der Waals surface area (Å²) in [5, 5.41) is 0.368. The molecule has 0 bridgehead atoms. The van der Waals surface area contributed by atoms with Crippen LogP contribution in [0.3, 0.4) is 0 Å². The Hall–Kier alpha value is -0.986. The minimum absolute atomic E-state index is 0.179. The molecule has 0 saturated carbocycles. The maximum Gasteiger partial charge on any atom is 0.192 e. The number of rotatable bonds is 8. The van der Waals surface area contributed by atoms with Crippen molar-refractivity contribution in [3.8, 4) is 0 Å². The average molecular weight is 547 g/mol. The zero-order valence-electron chi connectivity index (χ0n) is 22.2. The largest absolute Gasteiger partial charge is 0.413 e. The lowest BCUT2D eigenvalue weighted by Gasteiger charge is -2.37. The van der Waals surface area contributed by atoms with Crippen molar-refractivity contribution in [2.24, 2.45) is 0 Å². The third kappa shape index (κ3) is 8.03. The minimum Gasteiger partial charge on any atom is -0.413 e. The zero-order chi connectivity index (χ0) is 25.1. The van der Waals surface area contributed by atoms with Crippen LogP contribution in [0.1, 0.15) is 63.8 Å². The highest BCUT2D eigenvalue weighted by Gasteiger charge is 2.38. The zero-order valence-corrected chi connectivity index (χ0v) is 25.8. The average Bonchev–Trinajstić information content (AvgIpc) is 2.68. The molecule has 2 aromatic carbocycles. The maximum atomic E-state index is 6.61. The summed E-state index contributed by atoms with van der Waals surface area (Å²) in [6, 6.07) is 15.9. The van der Waals surface area contributed by atoms with Crippen molar-refractivity contribution in [3.05, 3.63) is 69.2 Å². The quantitative estimate of drug-likeness (QED) is 0.242. The highest BCUT2D eigenvalue weighted by atomic mass is 79.9. The van der Waals surface area contributed by atoms with Gasteiger partial charge in [-0.1, -0.05) is 87.8 Å². The summed E-state index contributed by atoms with van der Waals surface area (Å²) in [6.45, 7) is 24.2. The van der Waals surface area contributed by atoms with Gasteiger partial charge in [-0.2, -0.15) is 0 Å². The van der Waals surface area contributed by atoms with Crippen molar-refractivity contribution in [2.45, 2.75) is 91.0 Å². The van der Waals surface area contributed by atoms with Crippen LogP contribution in [0.4, 0.5) is 0 Å². The second-order valence-corrected chi connectivity index (χ2v) is 22.5. The molecule has 0 aliphatic heterocycles. The smallest absolute Gasteiger partial charge is 0.192 e. The van der Waals surface area contributed by atoms with Crippen LogP contribution < -0.4 is 0 Å². The van der Waals surface area contributed by atoms with Gasteiger partial charge < -0.3 is 8.85 Å². The van der Waals surface area contributed by atoms with Crippen molar-refractivity contribution in [1.82, 2.24) is 0 Å². The number of benzene rings is 2. The van der Waals surface area contributed by atoms with E-state index in [2.05, 4.69) is 126 Å². The van der Waals surface area contributed by atoms with E-state index in [1.54, 1.807) is 0 Å². The van der Waals surface area contributed by atoms with Crippen LogP contribution in [-0.4, -0.2) is 16.6 Å². The molecule has 0 amide bonds. The van der Waals surface area contributed by atoms with Crippen LogP contribution in [0.2, 0.25) is 36.3 Å². The minimum atomic E-state index is -1.86. The third-order valence-corrected chi connectivity index (χ3v) is 16.7. The highest BCUT2D eigenvalue weighted by molar-refractivity contribution is 9.10. The van der Waals surface area contributed by atoms with E-state index >= 15 is 0 Å². The molecule has 0 aliphatic rings. The number of hydrogen-bond acceptors (Lipinski definition) is 2. The first-order chi connectivity index (χ1) is 15.0. The van der Waals surface area contributed by atoms with Gasteiger partial charge in [0.2, 0.25) is 0 Å². The van der Waals surface area contributed by atoms with Gasteiger partial charge in [-0.05, 0) is 82.8 Å². The van der Waals surface area contributed by atoms with E-state index in [1.807, 2.05) is 12.1 Å². The predicted octanol–water partition coefficient (Wildman–Crippen LogP) is 9.46. The van der Waals surface area contributed by atoms with Crippen LogP contribution in [0, 0.1) is 6.07 Å². The lowest BCUT2D eigenvalue weighted by atomic mass is 10.0. The fraction of sp³-hybridized carbons (Fsp3) is 0.500. The van der Waals surface area contributed by atoms with Gasteiger partial charge in [-0.15, -0.1) is 0 Å². The van der Waals surface area contributed by atoms with Gasteiger partial charge in [0.1, 0.15) is 0 Å². The Bertz CT molecular complexity index is 967. The maximum absolute atomic E-state index is 6.61. The Kier molecular flexibility index (Phi) is 9.19. The van der Waals surface area contributed by atoms with Gasteiger partial charge in [-0.25, -0.2) is 0 Å². The van der Waals surface area contributed by atoms with Gasteiger partial charge in [-0.3, -0.25) is 0 Å². The van der Waals surface area contributed by atoms with Gasteiger partial charge in [0.05, 0.1) is 13.2 Å². The second-order valence-electron chi connectivity index (χ2n) is 11.9. The van der Waals surface area contributed by atoms with E-state index in [4.69, 9.17) is 8.85 Å². The summed E-state index contributed by atoms with van der Waals surface area (Å²) in [6.07, 6.45) is 4.25. The molecular weight excluding hydrogens is 504 g/mol. The Balaban J connectivity index is 2.32. The molecule has 0 N–H and O–H groups in total. The van der Waals surface area contributed by atoms with Crippen LogP contribution in [0.15, 0.2) is 40.9 Å². The van der Waals surface area contributed by atoms with E-state index in [0.717, 1.165) is 15.6 Å². The van der Waals surface area contributed by atoms with Gasteiger partial charge in [0.25, 0.3) is 0 Å². The monoisotopic (exact) mass is 545 g/mol. The molecule has 181 valence electrons. The first-order valence-electron chi connectivity index (χ1n) is 11.8. The van der Waals surface area contributed by atoms with E-state index < -0.39 is 16.6 Å². The first-order valence-corrected chi connectivity index (χ1v) is 18.4. The standard InChI is InChI=1S/C28H42BrO2Si2/c1-27(2,3)32(7,8)30-20-24-17-16-23(15-14-22-12-11-13-26(29)19-22)18-25(24)21-31-33(9,10)28(4,5)6/h11,13-19H,20-21H2,1-10H3. The number of hydrogen-bond donors (Lipinski definition) is 0. The van der Waals surface area contributed by atoms with Crippen molar-refractivity contribution >= 4 is 44.7 Å². The molecule has 0 heterocycles. The molecule has 0 atom stereocenters. The van der Waals surface area contributed by atoms with E-state index in [9.17, 15) is 0 Å². The molecular formula is C28H42BrO2Si2. The fourth-order valence-corrected chi connectivity index (χ4v) is 4.99. The predicted molar refractivity (Wildman–Crippen MR) is 152 cm³/mol. The van der Waals surface area contributed by atoms with Gasteiger partial charge in [0, 0.05) is 4.47 Å². The summed E-state index contributed by atoms with van der Waals surface area (Å²) in [5.41, 5.74) is 4.66. The lowest BCUT2D eigenvalue weighted by Crippen LogP contribution is -2.41. The first kappa shape index (κ1) is 28.3. The highest BCUT2D eigenvalue weighted by Crippen LogP contribution is 2.39. The normalized spacial score (nSPS) is 13.7. The van der Waals surface area contributed by atoms with E-state index in [1.165, 1.54) is 11.1 Å². The molecule has 2 nitrogen and oxygen atoms in total. The van der Waals surface area contributed by atoms with Crippen LogP contribution in [-0.2, 0) is 22.1 Å². The van der Waals surface area contributed by atoms with Crippen molar-refractivity contribution in [3.63, 3.8) is 0 Å². The molecule has 0 spiro atoms. The molecule has 1 radical (unpaired) electrons. The van der Waals surface area contributed by atoms with Crippen molar-refractivity contribution in [1.29, 1.82) is 0 Å². The van der Waals surface area contributed by atoms with Crippen LogP contribution in [0.5, 0.6) is 0 Å². The molecule has 0 saturated heterocycles. The molecule has 0 unspecified atom stereocenters. The van der Waals surface area contributed by atoms with E-state index in [-0.39, 0.29) is 10.1 Å². The van der Waals surface area contributed by atoms with Gasteiger partial charge >= 0.3 is 0 Å². The molecule has 0 aliphatic carbocycles.